The van der Waals surface area contributed by atoms with Crippen LogP contribution in [0.1, 0.15) is 47.9 Å². The molecule has 3 amide bonds. The van der Waals surface area contributed by atoms with Crippen molar-refractivity contribution < 1.29 is 42.9 Å². The Morgan fingerprint density at radius 3 is 1.42 bits per heavy atom. The number of amides is 3. The van der Waals surface area contributed by atoms with Crippen LogP contribution in [-0.2, 0) is 59.8 Å². The summed E-state index contributed by atoms with van der Waals surface area (Å²) in [7, 11) is 0. The molecule has 0 bridgehead atoms. The Kier molecular flexibility index (Phi) is 16.2. The lowest BCUT2D eigenvalue weighted by atomic mass is 10.1. The fourth-order valence-electron chi connectivity index (χ4n) is 4.87. The van der Waals surface area contributed by atoms with Gasteiger partial charge in [-0.2, -0.15) is 0 Å². The lowest BCUT2D eigenvalue weighted by Crippen LogP contribution is -2.52. The zero-order valence-electron chi connectivity index (χ0n) is 28.7. The van der Waals surface area contributed by atoms with Crippen LogP contribution >= 0.6 is 0 Å². The molecule has 0 unspecified atom stereocenters. The van der Waals surface area contributed by atoms with Crippen LogP contribution < -0.4 is 16.0 Å². The van der Waals surface area contributed by atoms with Crippen molar-refractivity contribution in [2.45, 2.75) is 64.2 Å². The van der Waals surface area contributed by atoms with E-state index in [1.165, 1.54) is 0 Å². The van der Waals surface area contributed by atoms with E-state index in [0.717, 1.165) is 16.7 Å². The van der Waals surface area contributed by atoms with Gasteiger partial charge in [0.2, 0.25) is 5.91 Å². The quantitative estimate of drug-likeness (QED) is 0.0627. The normalized spacial score (nSPS) is 11.6. The number of unbranched alkanes of at least 4 members (excludes halogenated alkanes) is 1. The van der Waals surface area contributed by atoms with Crippen LogP contribution in [0.15, 0.2) is 121 Å². The van der Waals surface area contributed by atoms with E-state index in [1.807, 2.05) is 48.5 Å². The van der Waals surface area contributed by atoms with Gasteiger partial charge in [0.1, 0.15) is 38.5 Å². The molecule has 0 radical (unpaired) electrons. The zero-order valence-corrected chi connectivity index (χ0v) is 28.7. The van der Waals surface area contributed by atoms with Crippen molar-refractivity contribution in [2.75, 3.05) is 6.54 Å². The standard InChI is InChI=1S/C40H43N3O9/c44-36(49-26-30-15-5-1-6-16-30)25-35(38(46)50-27-31-17-7-2-8-18-31)42-37(45)34(43-40(48)52-29-33-21-11-4-12-22-33)23-13-14-24-41-39(47)51-28-32-19-9-3-10-20-32/h1-12,15-22,34-35H,13-14,23-29H2,(H,41,47)(H,42,45)(H,43,48)/t34-,35-/m1/s1. The lowest BCUT2D eigenvalue weighted by molar-refractivity contribution is -0.155. The number of nitrogens with one attached hydrogen (secondary N) is 3. The van der Waals surface area contributed by atoms with Crippen molar-refractivity contribution in [3.8, 4) is 0 Å². The molecule has 0 aliphatic rings. The molecule has 0 fully saturated rings. The third-order valence-electron chi connectivity index (χ3n) is 7.66. The minimum absolute atomic E-state index is 0.0231. The second kappa shape index (κ2) is 21.8. The molecule has 4 aromatic carbocycles. The van der Waals surface area contributed by atoms with Crippen LogP contribution in [0.4, 0.5) is 9.59 Å². The zero-order chi connectivity index (χ0) is 36.8. The first-order valence-corrected chi connectivity index (χ1v) is 17.0. The topological polar surface area (TPSA) is 158 Å². The first-order valence-electron chi connectivity index (χ1n) is 17.0. The molecule has 0 heterocycles. The first kappa shape index (κ1) is 38.6. The fraction of sp³-hybridized carbons (Fsp3) is 0.275. The van der Waals surface area contributed by atoms with E-state index in [0.29, 0.717) is 18.4 Å². The average molecular weight is 710 g/mol. The average Bonchev–Trinajstić information content (AvgIpc) is 3.18. The van der Waals surface area contributed by atoms with Gasteiger partial charge in [-0.1, -0.05) is 121 Å². The second-order valence-electron chi connectivity index (χ2n) is 11.7. The van der Waals surface area contributed by atoms with E-state index < -0.39 is 48.5 Å². The number of alkyl carbamates (subject to hydrolysis) is 2. The Bertz CT molecular complexity index is 1690. The van der Waals surface area contributed by atoms with E-state index in [-0.39, 0.29) is 39.4 Å². The molecule has 0 saturated carbocycles. The Hall–Kier alpha value is -6.17. The molecule has 12 nitrogen and oxygen atoms in total. The van der Waals surface area contributed by atoms with Crippen molar-refractivity contribution in [2.24, 2.45) is 0 Å². The SMILES string of the molecule is O=C(C[C@@H](NC(=O)[C@@H](CCCCNC(=O)OCc1ccccc1)NC(=O)OCc1ccccc1)C(=O)OCc1ccccc1)OCc1ccccc1. The van der Waals surface area contributed by atoms with Crippen LogP contribution in [-0.4, -0.2) is 48.7 Å². The molecule has 0 aliphatic carbocycles. The minimum atomic E-state index is -1.41. The lowest BCUT2D eigenvalue weighted by Gasteiger charge is -2.22. The molecule has 0 spiro atoms. The highest BCUT2D eigenvalue weighted by Crippen LogP contribution is 2.10. The van der Waals surface area contributed by atoms with Crippen LogP contribution in [0.5, 0.6) is 0 Å². The third kappa shape index (κ3) is 14.8. The molecule has 3 N–H and O–H groups in total. The summed E-state index contributed by atoms with van der Waals surface area (Å²) in [4.78, 5) is 64.8. The molecule has 4 rings (SSSR count). The van der Waals surface area contributed by atoms with Crippen molar-refractivity contribution in [3.05, 3.63) is 144 Å². The largest absolute Gasteiger partial charge is 0.461 e. The van der Waals surface area contributed by atoms with Gasteiger partial charge in [-0.25, -0.2) is 14.4 Å². The molecule has 4 aromatic rings. The maximum absolute atomic E-state index is 13.7. The number of hydrogen-bond acceptors (Lipinski definition) is 9. The molecular weight excluding hydrogens is 666 g/mol. The predicted octanol–water partition coefficient (Wildman–Crippen LogP) is 5.74. The maximum Gasteiger partial charge on any atom is 0.408 e. The number of ether oxygens (including phenoxy) is 4. The number of carbonyl (C=O) groups is 5. The molecule has 272 valence electrons. The Balaban J connectivity index is 1.36. The number of benzene rings is 4. The van der Waals surface area contributed by atoms with Gasteiger partial charge in [-0.05, 0) is 41.5 Å². The summed E-state index contributed by atoms with van der Waals surface area (Å²) in [5.74, 6) is -2.32. The summed E-state index contributed by atoms with van der Waals surface area (Å²) in [5, 5.41) is 7.82. The summed E-state index contributed by atoms with van der Waals surface area (Å²) in [6, 6.07) is 33.7. The van der Waals surface area contributed by atoms with Gasteiger partial charge in [-0.15, -0.1) is 0 Å². The third-order valence-corrected chi connectivity index (χ3v) is 7.66. The Labute approximate surface area is 302 Å². The Morgan fingerprint density at radius 2 is 0.923 bits per heavy atom. The van der Waals surface area contributed by atoms with Gasteiger partial charge >= 0.3 is 24.1 Å². The smallest absolute Gasteiger partial charge is 0.408 e. The van der Waals surface area contributed by atoms with E-state index in [1.54, 1.807) is 72.8 Å². The van der Waals surface area contributed by atoms with Gasteiger partial charge < -0.3 is 34.9 Å². The summed E-state index contributed by atoms with van der Waals surface area (Å²) in [6.07, 6.45) is -0.991. The van der Waals surface area contributed by atoms with Gasteiger partial charge in [0.25, 0.3) is 0 Å². The molecule has 0 aliphatic heterocycles. The van der Waals surface area contributed by atoms with Gasteiger partial charge in [0.05, 0.1) is 6.42 Å². The second-order valence-corrected chi connectivity index (χ2v) is 11.7. The van der Waals surface area contributed by atoms with Crippen LogP contribution in [0.3, 0.4) is 0 Å². The molecular formula is C40H43N3O9. The monoisotopic (exact) mass is 709 g/mol. The van der Waals surface area contributed by atoms with Gasteiger partial charge in [-0.3, -0.25) is 9.59 Å². The fourth-order valence-corrected chi connectivity index (χ4v) is 4.87. The number of esters is 2. The van der Waals surface area contributed by atoms with Crippen LogP contribution in [0, 0.1) is 0 Å². The molecule has 52 heavy (non-hydrogen) atoms. The van der Waals surface area contributed by atoms with Crippen molar-refractivity contribution >= 4 is 30.0 Å². The molecule has 12 heteroatoms. The van der Waals surface area contributed by atoms with Crippen LogP contribution in [0.2, 0.25) is 0 Å². The van der Waals surface area contributed by atoms with Crippen molar-refractivity contribution in [1.29, 1.82) is 0 Å². The van der Waals surface area contributed by atoms with E-state index >= 15 is 0 Å². The maximum atomic E-state index is 13.7. The molecule has 2 atom stereocenters. The van der Waals surface area contributed by atoms with Crippen molar-refractivity contribution in [1.82, 2.24) is 16.0 Å². The van der Waals surface area contributed by atoms with Gasteiger partial charge in [0.15, 0.2) is 0 Å². The van der Waals surface area contributed by atoms with E-state index in [4.69, 9.17) is 18.9 Å². The highest BCUT2D eigenvalue weighted by Gasteiger charge is 2.30. The predicted molar refractivity (Wildman–Crippen MR) is 191 cm³/mol. The highest BCUT2D eigenvalue weighted by atomic mass is 16.6. The first-order chi connectivity index (χ1) is 25.4. The number of carbonyl (C=O) groups excluding carboxylic acids is 5. The van der Waals surface area contributed by atoms with E-state index in [2.05, 4.69) is 16.0 Å². The summed E-state index contributed by atoms with van der Waals surface area (Å²) < 4.78 is 21.4. The Morgan fingerprint density at radius 1 is 0.481 bits per heavy atom. The summed E-state index contributed by atoms with van der Waals surface area (Å²) >= 11 is 0. The minimum Gasteiger partial charge on any atom is -0.461 e. The molecule has 0 aromatic heterocycles. The van der Waals surface area contributed by atoms with E-state index in [9.17, 15) is 24.0 Å². The van der Waals surface area contributed by atoms with Gasteiger partial charge in [0, 0.05) is 6.54 Å². The molecule has 0 saturated heterocycles. The van der Waals surface area contributed by atoms with Crippen molar-refractivity contribution in [3.63, 3.8) is 0 Å². The summed E-state index contributed by atoms with van der Waals surface area (Å²) in [5.41, 5.74) is 3.06. The van der Waals surface area contributed by atoms with Crippen LogP contribution in [0.25, 0.3) is 0 Å². The highest BCUT2D eigenvalue weighted by molar-refractivity contribution is 5.91. The number of rotatable bonds is 19. The number of hydrogen-bond donors (Lipinski definition) is 3. The summed E-state index contributed by atoms with van der Waals surface area (Å²) in [6.45, 7) is 0.239.